The van der Waals surface area contributed by atoms with Crippen molar-refractivity contribution in [2.75, 3.05) is 13.1 Å². The zero-order chi connectivity index (χ0) is 14.7. The van der Waals surface area contributed by atoms with E-state index in [2.05, 4.69) is 48.3 Å². The van der Waals surface area contributed by atoms with Crippen molar-refractivity contribution < 1.29 is 0 Å². The molecule has 1 unspecified atom stereocenters. The van der Waals surface area contributed by atoms with Crippen LogP contribution in [0.5, 0.6) is 0 Å². The molecule has 1 aromatic carbocycles. The maximum atomic E-state index is 3.92. The third-order valence-electron chi connectivity index (χ3n) is 5.65. The van der Waals surface area contributed by atoms with Gasteiger partial charge in [-0.3, -0.25) is 4.90 Å². The molecule has 1 spiro atoms. The number of nitrogens with zero attached hydrogens (tertiary/aromatic N) is 1. The van der Waals surface area contributed by atoms with Gasteiger partial charge in [-0.2, -0.15) is 0 Å². The normalized spacial score (nSPS) is 26.1. The first-order valence-corrected chi connectivity index (χ1v) is 8.76. The highest BCUT2D eigenvalue weighted by molar-refractivity contribution is 5.25. The van der Waals surface area contributed by atoms with Crippen molar-refractivity contribution in [1.82, 2.24) is 10.2 Å². The van der Waals surface area contributed by atoms with Crippen LogP contribution >= 0.6 is 0 Å². The Hall–Kier alpha value is -0.860. The summed E-state index contributed by atoms with van der Waals surface area (Å²) >= 11 is 0. The molecular weight excluding hydrogens is 256 g/mol. The molecule has 1 aliphatic heterocycles. The molecule has 21 heavy (non-hydrogen) atoms. The molecule has 116 valence electrons. The van der Waals surface area contributed by atoms with Gasteiger partial charge in [0.2, 0.25) is 0 Å². The van der Waals surface area contributed by atoms with Crippen molar-refractivity contribution >= 4 is 0 Å². The van der Waals surface area contributed by atoms with Crippen molar-refractivity contribution in [3.8, 4) is 0 Å². The molecular formula is C19H30N2. The number of hydrogen-bond acceptors (Lipinski definition) is 2. The number of benzene rings is 1. The van der Waals surface area contributed by atoms with E-state index in [1.165, 1.54) is 62.7 Å². The zero-order valence-electron chi connectivity index (χ0n) is 13.7. The molecule has 0 radical (unpaired) electrons. The summed E-state index contributed by atoms with van der Waals surface area (Å²) in [6.07, 6.45) is 8.22. The largest absolute Gasteiger partial charge is 0.308 e. The van der Waals surface area contributed by atoms with Crippen LogP contribution in [0, 0.1) is 6.92 Å². The Labute approximate surface area is 129 Å². The second kappa shape index (κ2) is 6.50. The van der Waals surface area contributed by atoms with E-state index >= 15 is 0 Å². The monoisotopic (exact) mass is 286 g/mol. The molecule has 1 aromatic rings. The first kappa shape index (κ1) is 15.1. The molecule has 2 fully saturated rings. The summed E-state index contributed by atoms with van der Waals surface area (Å²) in [5, 5.41) is 3.92. The molecule has 0 aromatic heterocycles. The fraction of sp³-hybridized carbons (Fsp3) is 0.684. The zero-order valence-corrected chi connectivity index (χ0v) is 13.7. The van der Waals surface area contributed by atoms with Gasteiger partial charge >= 0.3 is 0 Å². The van der Waals surface area contributed by atoms with E-state index in [0.717, 1.165) is 6.54 Å². The van der Waals surface area contributed by atoms with Crippen molar-refractivity contribution in [2.24, 2.45) is 0 Å². The molecule has 0 bridgehead atoms. The number of hydrogen-bond donors (Lipinski definition) is 1. The maximum Gasteiger partial charge on any atom is 0.0309 e. The highest BCUT2D eigenvalue weighted by Gasteiger charge is 2.39. The Bertz CT molecular complexity index is 462. The Morgan fingerprint density at radius 2 is 1.95 bits per heavy atom. The van der Waals surface area contributed by atoms with Crippen LogP contribution in [0.1, 0.15) is 56.6 Å². The van der Waals surface area contributed by atoms with E-state index < -0.39 is 0 Å². The molecule has 1 aliphatic carbocycles. The molecule has 1 saturated heterocycles. The second-order valence-electron chi connectivity index (χ2n) is 7.12. The lowest BCUT2D eigenvalue weighted by atomic mass is 9.79. The topological polar surface area (TPSA) is 15.3 Å². The maximum absolute atomic E-state index is 3.92. The summed E-state index contributed by atoms with van der Waals surface area (Å²) in [7, 11) is 0. The van der Waals surface area contributed by atoms with Crippen molar-refractivity contribution in [3.05, 3.63) is 35.4 Å². The van der Waals surface area contributed by atoms with E-state index in [-0.39, 0.29) is 0 Å². The first-order chi connectivity index (χ1) is 10.2. The lowest BCUT2D eigenvalue weighted by Crippen LogP contribution is -2.64. The van der Waals surface area contributed by atoms with Crippen molar-refractivity contribution in [2.45, 2.75) is 70.5 Å². The molecule has 1 atom stereocenters. The second-order valence-corrected chi connectivity index (χ2v) is 7.12. The third kappa shape index (κ3) is 3.32. The average molecular weight is 286 g/mol. The molecule has 2 heteroatoms. The highest BCUT2D eigenvalue weighted by Crippen LogP contribution is 2.33. The Balaban J connectivity index is 1.75. The quantitative estimate of drug-likeness (QED) is 0.907. The van der Waals surface area contributed by atoms with Crippen LogP contribution < -0.4 is 5.32 Å². The van der Waals surface area contributed by atoms with Gasteiger partial charge in [-0.05, 0) is 37.3 Å². The smallest absolute Gasteiger partial charge is 0.0309 e. The predicted octanol–water partition coefficient (Wildman–Crippen LogP) is 3.88. The van der Waals surface area contributed by atoms with Crippen LogP contribution in [0.3, 0.4) is 0 Å². The fourth-order valence-electron chi connectivity index (χ4n) is 4.19. The van der Waals surface area contributed by atoms with E-state index in [4.69, 9.17) is 0 Å². The van der Waals surface area contributed by atoms with Gasteiger partial charge in [0.1, 0.15) is 0 Å². The summed E-state index contributed by atoms with van der Waals surface area (Å²) in [4.78, 5) is 2.75. The Morgan fingerprint density at radius 3 is 2.67 bits per heavy atom. The summed E-state index contributed by atoms with van der Waals surface area (Å²) in [5.41, 5.74) is 3.35. The van der Waals surface area contributed by atoms with Gasteiger partial charge in [-0.25, -0.2) is 0 Å². The van der Waals surface area contributed by atoms with Crippen LogP contribution in [-0.4, -0.2) is 29.6 Å². The van der Waals surface area contributed by atoms with E-state index in [1.807, 2.05) is 0 Å². The fourth-order valence-corrected chi connectivity index (χ4v) is 4.19. The minimum atomic E-state index is 0.409. The van der Waals surface area contributed by atoms with Gasteiger partial charge in [-0.1, -0.05) is 50.5 Å². The van der Waals surface area contributed by atoms with Gasteiger partial charge in [0.05, 0.1) is 0 Å². The summed E-state index contributed by atoms with van der Waals surface area (Å²) in [6.45, 7) is 8.10. The molecule has 2 nitrogen and oxygen atoms in total. The molecule has 1 heterocycles. The summed E-state index contributed by atoms with van der Waals surface area (Å²) in [6, 6.07) is 9.57. The molecule has 3 rings (SSSR count). The average Bonchev–Trinajstić information content (AvgIpc) is 2.51. The van der Waals surface area contributed by atoms with Crippen LogP contribution in [0.15, 0.2) is 24.3 Å². The van der Waals surface area contributed by atoms with Gasteiger partial charge in [-0.15, -0.1) is 0 Å². The standard InChI is InChI=1S/C19H30N2/c1-3-18-13-20-19(11-7-4-8-12-19)15-21(18)14-17-10-6-5-9-16(17)2/h5-6,9-10,18,20H,3-4,7-8,11-15H2,1-2H3. The van der Waals surface area contributed by atoms with Crippen LogP contribution in [0.4, 0.5) is 0 Å². The van der Waals surface area contributed by atoms with Gasteiger partial charge < -0.3 is 5.32 Å². The first-order valence-electron chi connectivity index (χ1n) is 8.76. The molecule has 0 amide bonds. The van der Waals surface area contributed by atoms with E-state index in [9.17, 15) is 0 Å². The minimum absolute atomic E-state index is 0.409. The van der Waals surface area contributed by atoms with Gasteiger partial charge in [0.25, 0.3) is 0 Å². The van der Waals surface area contributed by atoms with Crippen molar-refractivity contribution in [3.63, 3.8) is 0 Å². The van der Waals surface area contributed by atoms with Crippen molar-refractivity contribution in [1.29, 1.82) is 0 Å². The lowest BCUT2D eigenvalue weighted by Gasteiger charge is -2.50. The Kier molecular flexibility index (Phi) is 4.66. The molecule has 1 N–H and O–H groups in total. The van der Waals surface area contributed by atoms with Crippen LogP contribution in [0.2, 0.25) is 0 Å². The Morgan fingerprint density at radius 1 is 1.19 bits per heavy atom. The number of nitrogens with one attached hydrogen (secondary N) is 1. The van der Waals surface area contributed by atoms with E-state index in [0.29, 0.717) is 11.6 Å². The number of piperazine rings is 1. The highest BCUT2D eigenvalue weighted by atomic mass is 15.3. The van der Waals surface area contributed by atoms with Crippen LogP contribution in [-0.2, 0) is 6.54 Å². The lowest BCUT2D eigenvalue weighted by molar-refractivity contribution is 0.0483. The summed E-state index contributed by atoms with van der Waals surface area (Å²) in [5.74, 6) is 0. The molecule has 1 saturated carbocycles. The third-order valence-corrected chi connectivity index (χ3v) is 5.65. The SMILES string of the molecule is CCC1CNC2(CCCCC2)CN1Cc1ccccc1C. The minimum Gasteiger partial charge on any atom is -0.308 e. The summed E-state index contributed by atoms with van der Waals surface area (Å²) < 4.78 is 0. The predicted molar refractivity (Wildman–Crippen MR) is 89.5 cm³/mol. The van der Waals surface area contributed by atoms with Gasteiger partial charge in [0.15, 0.2) is 0 Å². The molecule has 2 aliphatic rings. The number of aryl methyl sites for hydroxylation is 1. The number of rotatable bonds is 3. The van der Waals surface area contributed by atoms with Gasteiger partial charge in [0, 0.05) is 31.2 Å². The van der Waals surface area contributed by atoms with E-state index in [1.54, 1.807) is 0 Å². The van der Waals surface area contributed by atoms with Crippen LogP contribution in [0.25, 0.3) is 0 Å².